The van der Waals surface area contributed by atoms with Crippen molar-refractivity contribution in [2.75, 3.05) is 0 Å². The molecule has 1 fully saturated rings. The number of rotatable bonds is 3. The van der Waals surface area contributed by atoms with Crippen molar-refractivity contribution < 1.29 is 4.52 Å². The van der Waals surface area contributed by atoms with Gasteiger partial charge in [-0.25, -0.2) is 0 Å². The molecule has 2 aromatic rings. The largest absolute Gasteiger partial charge is 0.339 e. The fourth-order valence-corrected chi connectivity index (χ4v) is 3.10. The monoisotopic (exact) mass is 311 g/mol. The zero-order valence-electron chi connectivity index (χ0n) is 10.9. The molecule has 1 aromatic heterocycles. The summed E-state index contributed by atoms with van der Waals surface area (Å²) in [4.78, 5) is 4.45. The molecule has 1 aliphatic rings. The number of nitrogens with zero attached hydrogens (tertiary/aromatic N) is 2. The van der Waals surface area contributed by atoms with Crippen LogP contribution in [-0.2, 0) is 6.42 Å². The van der Waals surface area contributed by atoms with E-state index in [1.54, 1.807) is 12.1 Å². The molecule has 0 aliphatic heterocycles. The quantitative estimate of drug-likeness (QED) is 0.941. The minimum atomic E-state index is 0.127. The number of benzene rings is 1. The van der Waals surface area contributed by atoms with Crippen LogP contribution in [0.2, 0.25) is 10.0 Å². The maximum absolute atomic E-state index is 6.15. The lowest BCUT2D eigenvalue weighted by Crippen LogP contribution is -2.22. The zero-order valence-corrected chi connectivity index (χ0v) is 12.4. The van der Waals surface area contributed by atoms with Crippen molar-refractivity contribution in [3.8, 4) is 0 Å². The third kappa shape index (κ3) is 2.82. The Labute approximate surface area is 127 Å². The highest BCUT2D eigenvalue weighted by Gasteiger charge is 2.30. The van der Waals surface area contributed by atoms with Crippen LogP contribution in [0.4, 0.5) is 0 Å². The molecule has 0 spiro atoms. The molecular formula is C14H15Cl2N3O. The lowest BCUT2D eigenvalue weighted by atomic mass is 10.1. The van der Waals surface area contributed by atoms with Gasteiger partial charge in [0, 0.05) is 22.5 Å². The number of aromatic nitrogens is 2. The third-order valence-electron chi connectivity index (χ3n) is 3.73. The second kappa shape index (κ2) is 5.72. The van der Waals surface area contributed by atoms with Gasteiger partial charge in [-0.05, 0) is 30.5 Å². The Morgan fingerprint density at radius 3 is 2.85 bits per heavy atom. The van der Waals surface area contributed by atoms with Crippen LogP contribution in [-0.4, -0.2) is 16.2 Å². The first-order valence-electron chi connectivity index (χ1n) is 6.65. The minimum absolute atomic E-state index is 0.127. The van der Waals surface area contributed by atoms with Crippen molar-refractivity contribution in [2.24, 2.45) is 5.73 Å². The van der Waals surface area contributed by atoms with Gasteiger partial charge in [-0.3, -0.25) is 0 Å². The first kappa shape index (κ1) is 13.9. The highest BCUT2D eigenvalue weighted by molar-refractivity contribution is 6.35. The lowest BCUT2D eigenvalue weighted by molar-refractivity contribution is 0.342. The van der Waals surface area contributed by atoms with Crippen molar-refractivity contribution in [1.29, 1.82) is 0 Å². The second-order valence-corrected chi connectivity index (χ2v) is 6.01. The van der Waals surface area contributed by atoms with Crippen molar-refractivity contribution in [1.82, 2.24) is 10.1 Å². The molecule has 1 heterocycles. The topological polar surface area (TPSA) is 64.9 Å². The van der Waals surface area contributed by atoms with Gasteiger partial charge in [0.15, 0.2) is 5.82 Å². The molecular weight excluding hydrogens is 297 g/mol. The Balaban J connectivity index is 1.77. The Bertz CT molecular complexity index is 614. The van der Waals surface area contributed by atoms with Gasteiger partial charge in [-0.1, -0.05) is 40.8 Å². The van der Waals surface area contributed by atoms with Gasteiger partial charge in [0.05, 0.1) is 5.92 Å². The van der Waals surface area contributed by atoms with E-state index in [1.165, 1.54) is 0 Å². The summed E-state index contributed by atoms with van der Waals surface area (Å²) >= 11 is 12.0. The SMILES string of the molecule is NC1CCCC1c1nc(Cc2ccc(Cl)cc2Cl)no1. The molecule has 3 rings (SSSR count). The maximum Gasteiger partial charge on any atom is 0.231 e. The molecule has 2 unspecified atom stereocenters. The van der Waals surface area contributed by atoms with E-state index in [0.717, 1.165) is 24.8 Å². The van der Waals surface area contributed by atoms with Crippen LogP contribution in [0.5, 0.6) is 0 Å². The summed E-state index contributed by atoms with van der Waals surface area (Å²) in [5, 5.41) is 5.25. The predicted molar refractivity (Wildman–Crippen MR) is 78.1 cm³/mol. The molecule has 106 valence electrons. The fraction of sp³-hybridized carbons (Fsp3) is 0.429. The fourth-order valence-electron chi connectivity index (χ4n) is 2.62. The summed E-state index contributed by atoms with van der Waals surface area (Å²) < 4.78 is 5.34. The van der Waals surface area contributed by atoms with Crippen LogP contribution < -0.4 is 5.73 Å². The van der Waals surface area contributed by atoms with E-state index < -0.39 is 0 Å². The van der Waals surface area contributed by atoms with Crippen LogP contribution in [0.15, 0.2) is 22.7 Å². The summed E-state index contributed by atoms with van der Waals surface area (Å²) in [7, 11) is 0. The van der Waals surface area contributed by atoms with E-state index >= 15 is 0 Å². The van der Waals surface area contributed by atoms with Gasteiger partial charge in [0.2, 0.25) is 5.89 Å². The van der Waals surface area contributed by atoms with Crippen molar-refractivity contribution in [3.05, 3.63) is 45.5 Å². The molecule has 2 N–H and O–H groups in total. The summed E-state index contributed by atoms with van der Waals surface area (Å²) in [6.45, 7) is 0. The van der Waals surface area contributed by atoms with Gasteiger partial charge in [-0.15, -0.1) is 0 Å². The molecule has 0 radical (unpaired) electrons. The van der Waals surface area contributed by atoms with Gasteiger partial charge < -0.3 is 10.3 Å². The highest BCUT2D eigenvalue weighted by atomic mass is 35.5. The van der Waals surface area contributed by atoms with E-state index in [1.807, 2.05) is 6.07 Å². The van der Waals surface area contributed by atoms with Crippen LogP contribution in [0.25, 0.3) is 0 Å². The molecule has 6 heteroatoms. The van der Waals surface area contributed by atoms with Crippen LogP contribution in [0.3, 0.4) is 0 Å². The number of hydrogen-bond donors (Lipinski definition) is 1. The summed E-state index contributed by atoms with van der Waals surface area (Å²) in [5.74, 6) is 1.47. The van der Waals surface area contributed by atoms with Gasteiger partial charge in [0.1, 0.15) is 0 Å². The van der Waals surface area contributed by atoms with Crippen LogP contribution in [0.1, 0.15) is 42.5 Å². The summed E-state index contributed by atoms with van der Waals surface area (Å²) in [6.07, 6.45) is 3.68. The zero-order chi connectivity index (χ0) is 14.1. The van der Waals surface area contributed by atoms with Crippen LogP contribution >= 0.6 is 23.2 Å². The summed E-state index contributed by atoms with van der Waals surface area (Å²) in [5.41, 5.74) is 6.98. The smallest absolute Gasteiger partial charge is 0.231 e. The predicted octanol–water partition coefficient (Wildman–Crippen LogP) is 3.56. The lowest BCUT2D eigenvalue weighted by Gasteiger charge is -2.08. The number of hydrogen-bond acceptors (Lipinski definition) is 4. The Morgan fingerprint density at radius 2 is 2.15 bits per heavy atom. The van der Waals surface area contributed by atoms with Gasteiger partial charge in [-0.2, -0.15) is 4.98 Å². The normalized spacial score (nSPS) is 22.4. The van der Waals surface area contributed by atoms with Crippen molar-refractivity contribution >= 4 is 23.2 Å². The molecule has 1 saturated carbocycles. The summed E-state index contributed by atoms with van der Waals surface area (Å²) in [6, 6.07) is 5.52. The molecule has 0 amide bonds. The highest BCUT2D eigenvalue weighted by Crippen LogP contribution is 2.32. The molecule has 1 aromatic carbocycles. The molecule has 20 heavy (non-hydrogen) atoms. The Morgan fingerprint density at radius 1 is 1.30 bits per heavy atom. The van der Waals surface area contributed by atoms with Crippen molar-refractivity contribution in [3.63, 3.8) is 0 Å². The Hall–Kier alpha value is -1.10. The number of halogens is 2. The minimum Gasteiger partial charge on any atom is -0.339 e. The molecule has 0 bridgehead atoms. The molecule has 1 aliphatic carbocycles. The Kier molecular flexibility index (Phi) is 3.96. The maximum atomic E-state index is 6.15. The molecule has 2 atom stereocenters. The average Bonchev–Trinajstić information content (AvgIpc) is 3.01. The number of nitrogens with two attached hydrogens (primary N) is 1. The molecule has 4 nitrogen and oxygen atoms in total. The van der Waals surface area contributed by atoms with E-state index in [0.29, 0.717) is 28.2 Å². The average molecular weight is 312 g/mol. The van der Waals surface area contributed by atoms with E-state index in [4.69, 9.17) is 33.5 Å². The second-order valence-electron chi connectivity index (χ2n) is 5.16. The van der Waals surface area contributed by atoms with Crippen LogP contribution in [0, 0.1) is 0 Å². The van der Waals surface area contributed by atoms with Gasteiger partial charge >= 0.3 is 0 Å². The first-order valence-corrected chi connectivity index (χ1v) is 7.41. The standard InChI is InChI=1S/C14H15Cl2N3O/c15-9-5-4-8(11(16)7-9)6-13-18-14(20-19-13)10-2-1-3-12(10)17/h4-5,7,10,12H,1-3,6,17H2. The molecule has 0 saturated heterocycles. The van der Waals surface area contributed by atoms with Gasteiger partial charge in [0.25, 0.3) is 0 Å². The van der Waals surface area contributed by atoms with Crippen molar-refractivity contribution in [2.45, 2.75) is 37.6 Å². The van der Waals surface area contributed by atoms with E-state index in [9.17, 15) is 0 Å². The van der Waals surface area contributed by atoms with E-state index in [-0.39, 0.29) is 12.0 Å². The first-order chi connectivity index (χ1) is 9.63. The van der Waals surface area contributed by atoms with E-state index in [2.05, 4.69) is 10.1 Å². The third-order valence-corrected chi connectivity index (χ3v) is 4.32.